The predicted octanol–water partition coefficient (Wildman–Crippen LogP) is 3.91. The quantitative estimate of drug-likeness (QED) is 0.652. The molecule has 1 aromatic carbocycles. The molecule has 27 heavy (non-hydrogen) atoms. The van der Waals surface area contributed by atoms with Gasteiger partial charge in [-0.25, -0.2) is 9.38 Å². The molecule has 0 saturated heterocycles. The van der Waals surface area contributed by atoms with Gasteiger partial charge in [0.2, 0.25) is 0 Å². The summed E-state index contributed by atoms with van der Waals surface area (Å²) in [6.07, 6.45) is 1.60. The highest BCUT2D eigenvalue weighted by Gasteiger charge is 2.13. The minimum atomic E-state index is -0.311. The Kier molecular flexibility index (Phi) is 7.01. The highest BCUT2D eigenvalue weighted by Crippen LogP contribution is 2.21. The van der Waals surface area contributed by atoms with E-state index in [9.17, 15) is 14.3 Å². The topological polar surface area (TPSA) is 67.5 Å². The molecule has 0 atom stereocenters. The van der Waals surface area contributed by atoms with Crippen LogP contribution in [0.1, 0.15) is 22.3 Å². The molecule has 3 aromatic rings. The Bertz CT molecular complexity index is 1010. The fourth-order valence-electron chi connectivity index (χ4n) is 2.64. The Hall–Kier alpha value is -2.35. The molecule has 0 aliphatic rings. The van der Waals surface area contributed by atoms with Gasteiger partial charge in [0.25, 0.3) is 0 Å². The van der Waals surface area contributed by atoms with Crippen molar-refractivity contribution in [2.45, 2.75) is 20.4 Å². The fraction of sp³-hybridized carbons (Fsp3) is 0.211. The number of benzene rings is 1. The first-order valence-corrected chi connectivity index (χ1v) is 8.90. The molecule has 0 amide bonds. The summed E-state index contributed by atoms with van der Waals surface area (Å²) in [7, 11) is 0. The number of Topliss-reactive ketones (excluding diaryl/α,β-unsaturated/α-hetero) is 1. The zero-order chi connectivity index (χ0) is 18.7. The predicted molar refractivity (Wildman–Crippen MR) is 106 cm³/mol. The van der Waals surface area contributed by atoms with Gasteiger partial charge in [0.1, 0.15) is 5.82 Å². The van der Waals surface area contributed by atoms with E-state index in [1.807, 2.05) is 11.5 Å². The first-order valence-electron chi connectivity index (χ1n) is 8.08. The highest BCUT2D eigenvalue weighted by molar-refractivity contribution is 7.11. The van der Waals surface area contributed by atoms with Crippen LogP contribution in [0.15, 0.2) is 47.6 Å². The van der Waals surface area contributed by atoms with E-state index in [0.717, 1.165) is 5.69 Å². The number of carbonyl (C=O) groups is 1. The maximum Gasteiger partial charge on any atom is 0.190 e. The van der Waals surface area contributed by atoms with Crippen LogP contribution >= 0.6 is 23.7 Å². The van der Waals surface area contributed by atoms with E-state index in [1.165, 1.54) is 30.4 Å². The van der Waals surface area contributed by atoms with Crippen molar-refractivity contribution in [3.05, 3.63) is 63.8 Å². The Labute approximate surface area is 166 Å². The van der Waals surface area contributed by atoms with Crippen molar-refractivity contribution in [2.24, 2.45) is 4.99 Å². The maximum absolute atomic E-state index is 13.3. The molecule has 0 bridgehead atoms. The Morgan fingerprint density at radius 2 is 2.11 bits per heavy atom. The lowest BCUT2D eigenvalue weighted by molar-refractivity contribution is 0.102. The van der Waals surface area contributed by atoms with E-state index >= 15 is 0 Å². The minimum absolute atomic E-state index is 0. The SMILES string of the molecule is CC(=O)c1sc(=Nc2ccc(-c3cccc(F)c3)nc2)n(CCO)c1C.Cl. The van der Waals surface area contributed by atoms with Crippen molar-refractivity contribution in [1.82, 2.24) is 9.55 Å². The molecule has 2 heterocycles. The molecule has 3 rings (SSSR count). The molecular formula is C19H19ClFN3O2S. The highest BCUT2D eigenvalue weighted by atomic mass is 35.5. The summed E-state index contributed by atoms with van der Waals surface area (Å²) in [5.74, 6) is -0.339. The smallest absolute Gasteiger partial charge is 0.190 e. The van der Waals surface area contributed by atoms with E-state index in [2.05, 4.69) is 9.98 Å². The third-order valence-electron chi connectivity index (χ3n) is 3.89. The molecule has 0 aliphatic heterocycles. The standard InChI is InChI=1S/C19H18FN3O2S.ClH/c1-12-18(13(2)25)26-19(23(12)8-9-24)22-16-6-7-17(21-11-16)14-4-3-5-15(20)10-14;/h3-7,10-11,24H,8-9H2,1-2H3;1H. The average molecular weight is 408 g/mol. The number of hydrogen-bond acceptors (Lipinski definition) is 5. The molecule has 0 unspecified atom stereocenters. The number of rotatable bonds is 5. The number of aromatic nitrogens is 2. The molecule has 0 fully saturated rings. The maximum atomic E-state index is 13.3. The number of nitrogens with zero attached hydrogens (tertiary/aromatic N) is 3. The third kappa shape index (κ3) is 4.68. The molecule has 0 saturated carbocycles. The van der Waals surface area contributed by atoms with Gasteiger partial charge in [-0.05, 0) is 31.2 Å². The number of hydrogen-bond donors (Lipinski definition) is 1. The van der Waals surface area contributed by atoms with Crippen LogP contribution in [0.5, 0.6) is 0 Å². The second kappa shape index (κ2) is 9.03. The van der Waals surface area contributed by atoms with Gasteiger partial charge in [-0.2, -0.15) is 0 Å². The molecule has 5 nitrogen and oxygen atoms in total. The van der Waals surface area contributed by atoms with Crippen LogP contribution in [0.25, 0.3) is 11.3 Å². The van der Waals surface area contributed by atoms with Gasteiger partial charge in [-0.15, -0.1) is 12.4 Å². The minimum Gasteiger partial charge on any atom is -0.395 e. The lowest BCUT2D eigenvalue weighted by atomic mass is 10.1. The number of ketones is 1. The third-order valence-corrected chi connectivity index (χ3v) is 5.18. The second-order valence-corrected chi connectivity index (χ2v) is 6.73. The summed E-state index contributed by atoms with van der Waals surface area (Å²) in [5.41, 5.74) is 2.75. The van der Waals surface area contributed by atoms with Crippen LogP contribution in [-0.2, 0) is 6.54 Å². The number of pyridine rings is 1. The molecule has 1 N–H and O–H groups in total. The Morgan fingerprint density at radius 3 is 2.70 bits per heavy atom. The molecule has 8 heteroatoms. The zero-order valence-electron chi connectivity index (χ0n) is 14.8. The number of aliphatic hydroxyl groups is 1. The van der Waals surface area contributed by atoms with Crippen LogP contribution in [0.3, 0.4) is 0 Å². The van der Waals surface area contributed by atoms with Crippen LogP contribution in [-0.4, -0.2) is 27.0 Å². The van der Waals surface area contributed by atoms with Gasteiger partial charge < -0.3 is 9.67 Å². The monoisotopic (exact) mass is 407 g/mol. The first kappa shape index (κ1) is 21.0. The average Bonchev–Trinajstić information content (AvgIpc) is 2.92. The Balaban J connectivity index is 0.00000261. The molecule has 142 valence electrons. The van der Waals surface area contributed by atoms with E-state index in [0.29, 0.717) is 33.2 Å². The van der Waals surface area contributed by atoms with Crippen molar-refractivity contribution < 1.29 is 14.3 Å². The summed E-state index contributed by atoms with van der Waals surface area (Å²) in [6, 6.07) is 9.81. The molecule has 0 radical (unpaired) electrons. The fourth-order valence-corrected chi connectivity index (χ4v) is 3.71. The molecule has 0 aliphatic carbocycles. The second-order valence-electron chi connectivity index (χ2n) is 5.75. The van der Waals surface area contributed by atoms with Gasteiger partial charge in [0.15, 0.2) is 10.6 Å². The number of halogens is 2. The lowest BCUT2D eigenvalue weighted by Crippen LogP contribution is -2.18. The normalized spacial score (nSPS) is 11.3. The van der Waals surface area contributed by atoms with E-state index in [1.54, 1.807) is 30.5 Å². The van der Waals surface area contributed by atoms with Gasteiger partial charge in [0, 0.05) is 24.7 Å². The summed E-state index contributed by atoms with van der Waals surface area (Å²) in [4.78, 5) is 21.9. The van der Waals surface area contributed by atoms with E-state index < -0.39 is 0 Å². The number of aliphatic hydroxyl groups excluding tert-OH is 1. The Morgan fingerprint density at radius 1 is 1.33 bits per heavy atom. The van der Waals surface area contributed by atoms with Gasteiger partial charge in [-0.1, -0.05) is 23.5 Å². The molecular weight excluding hydrogens is 389 g/mol. The van der Waals surface area contributed by atoms with Gasteiger partial charge in [-0.3, -0.25) is 9.78 Å². The summed E-state index contributed by atoms with van der Waals surface area (Å²) < 4.78 is 15.2. The van der Waals surface area contributed by atoms with Crippen LogP contribution in [0.2, 0.25) is 0 Å². The van der Waals surface area contributed by atoms with Crippen molar-refractivity contribution in [3.63, 3.8) is 0 Å². The van der Waals surface area contributed by atoms with Crippen molar-refractivity contribution in [3.8, 4) is 11.3 Å². The largest absolute Gasteiger partial charge is 0.395 e. The summed E-state index contributed by atoms with van der Waals surface area (Å²) in [6.45, 7) is 3.68. The number of thiazole rings is 1. The van der Waals surface area contributed by atoms with Gasteiger partial charge in [0.05, 0.1) is 29.1 Å². The van der Waals surface area contributed by atoms with Crippen molar-refractivity contribution in [2.75, 3.05) is 6.61 Å². The lowest BCUT2D eigenvalue weighted by Gasteiger charge is -2.04. The van der Waals surface area contributed by atoms with Crippen LogP contribution < -0.4 is 4.80 Å². The van der Waals surface area contributed by atoms with Gasteiger partial charge >= 0.3 is 0 Å². The van der Waals surface area contributed by atoms with E-state index in [4.69, 9.17) is 0 Å². The van der Waals surface area contributed by atoms with Crippen LogP contribution in [0, 0.1) is 12.7 Å². The van der Waals surface area contributed by atoms with Crippen LogP contribution in [0.4, 0.5) is 10.1 Å². The summed E-state index contributed by atoms with van der Waals surface area (Å²) in [5, 5.41) is 9.28. The van der Waals surface area contributed by atoms with Crippen molar-refractivity contribution >= 4 is 35.2 Å². The molecule has 0 spiro atoms. The zero-order valence-corrected chi connectivity index (χ0v) is 16.5. The van der Waals surface area contributed by atoms with E-state index in [-0.39, 0.29) is 30.6 Å². The number of carbonyl (C=O) groups excluding carboxylic acids is 1. The van der Waals surface area contributed by atoms with Crippen molar-refractivity contribution in [1.29, 1.82) is 0 Å². The summed E-state index contributed by atoms with van der Waals surface area (Å²) >= 11 is 1.29. The first-order chi connectivity index (χ1) is 12.5. The molecule has 2 aromatic heterocycles.